The fraction of sp³-hybridized carbons (Fsp3) is 0.524. The number of piperidine rings is 1. The largest absolute Gasteiger partial charge is 0.359 e. The molecule has 0 aliphatic carbocycles. The Morgan fingerprint density at radius 3 is 2.55 bits per heavy atom. The normalized spacial score (nSPS) is 16.0. The molecule has 0 radical (unpaired) electrons. The quantitative estimate of drug-likeness (QED) is 0.301. The van der Waals surface area contributed by atoms with Gasteiger partial charge in [0.2, 0.25) is 0 Å². The van der Waals surface area contributed by atoms with Crippen molar-refractivity contribution in [1.29, 1.82) is 0 Å². The van der Waals surface area contributed by atoms with Gasteiger partial charge >= 0.3 is 0 Å². The summed E-state index contributed by atoms with van der Waals surface area (Å²) in [5, 5.41) is 11.0. The Kier molecular flexibility index (Phi) is 9.91. The zero-order valence-corrected chi connectivity index (χ0v) is 21.2. The summed E-state index contributed by atoms with van der Waals surface area (Å²) < 4.78 is 6.51. The molecule has 2 heterocycles. The van der Waals surface area contributed by atoms with Crippen molar-refractivity contribution in [3.63, 3.8) is 0 Å². The van der Waals surface area contributed by atoms with E-state index in [1.165, 1.54) is 5.56 Å². The summed E-state index contributed by atoms with van der Waals surface area (Å²) in [6, 6.07) is 11.0. The lowest BCUT2D eigenvalue weighted by molar-refractivity contribution is 0.198. The molecule has 0 bridgehead atoms. The van der Waals surface area contributed by atoms with Crippen LogP contribution in [0.4, 0.5) is 0 Å². The Labute approximate surface area is 199 Å². The molecule has 0 spiro atoms. The Bertz CT molecular complexity index is 770. The number of nitrogens with one attached hydrogen (secondary N) is 2. The lowest BCUT2D eigenvalue weighted by Crippen LogP contribution is -2.48. The highest BCUT2D eigenvalue weighted by molar-refractivity contribution is 14.0. The zero-order valence-electron chi connectivity index (χ0n) is 17.3. The lowest BCUT2D eigenvalue weighted by atomic mass is 10.0. The van der Waals surface area contributed by atoms with Gasteiger partial charge in [0.05, 0.1) is 12.2 Å². The molecule has 3 rings (SSSR count). The summed E-state index contributed by atoms with van der Waals surface area (Å²) in [6.45, 7) is 7.99. The maximum Gasteiger partial charge on any atom is 0.191 e. The average molecular weight is 576 g/mol. The van der Waals surface area contributed by atoms with E-state index in [0.29, 0.717) is 18.5 Å². The van der Waals surface area contributed by atoms with E-state index in [1.807, 2.05) is 6.07 Å². The summed E-state index contributed by atoms with van der Waals surface area (Å²) in [6.07, 6.45) is 2.22. The van der Waals surface area contributed by atoms with Crippen molar-refractivity contribution in [1.82, 2.24) is 20.7 Å². The Hall–Kier alpha value is -1.13. The summed E-state index contributed by atoms with van der Waals surface area (Å²) >= 11 is 3.49. The van der Waals surface area contributed by atoms with E-state index in [0.717, 1.165) is 54.4 Å². The smallest absolute Gasteiger partial charge is 0.191 e. The number of likely N-dealkylation sites (tertiary alicyclic amines) is 1. The number of aliphatic imine (C=N–C) groups is 1. The Morgan fingerprint density at radius 1 is 1.28 bits per heavy atom. The van der Waals surface area contributed by atoms with Crippen LogP contribution in [-0.4, -0.2) is 42.2 Å². The van der Waals surface area contributed by atoms with Gasteiger partial charge in [-0.15, -0.1) is 24.0 Å². The van der Waals surface area contributed by atoms with E-state index in [2.05, 4.69) is 79.7 Å². The highest BCUT2D eigenvalue weighted by Crippen LogP contribution is 2.16. The molecule has 0 saturated carbocycles. The van der Waals surface area contributed by atoms with Gasteiger partial charge in [0.1, 0.15) is 0 Å². The zero-order chi connectivity index (χ0) is 19.9. The van der Waals surface area contributed by atoms with Crippen molar-refractivity contribution in [3.05, 3.63) is 51.8 Å². The van der Waals surface area contributed by atoms with Crippen LogP contribution in [0.15, 0.2) is 44.3 Å². The van der Waals surface area contributed by atoms with Crippen LogP contribution in [-0.2, 0) is 13.1 Å². The second-order valence-electron chi connectivity index (χ2n) is 7.62. The topological polar surface area (TPSA) is 65.7 Å². The lowest BCUT2D eigenvalue weighted by Gasteiger charge is -2.33. The first-order valence-corrected chi connectivity index (χ1v) is 10.7. The van der Waals surface area contributed by atoms with E-state index in [9.17, 15) is 0 Å². The predicted octanol–water partition coefficient (Wildman–Crippen LogP) is 4.51. The summed E-state index contributed by atoms with van der Waals surface area (Å²) in [7, 11) is 1.80. The molecule has 1 aliphatic rings. The van der Waals surface area contributed by atoms with Crippen molar-refractivity contribution >= 4 is 45.9 Å². The van der Waals surface area contributed by atoms with Crippen molar-refractivity contribution in [2.24, 2.45) is 4.99 Å². The third-order valence-corrected chi connectivity index (χ3v) is 5.60. The van der Waals surface area contributed by atoms with Gasteiger partial charge in [-0.25, -0.2) is 0 Å². The number of hydrogen-bond acceptors (Lipinski definition) is 4. The summed E-state index contributed by atoms with van der Waals surface area (Å²) in [5.41, 5.74) is 2.35. The highest BCUT2D eigenvalue weighted by atomic mass is 127. The van der Waals surface area contributed by atoms with E-state index in [1.54, 1.807) is 7.05 Å². The van der Waals surface area contributed by atoms with E-state index in [4.69, 9.17) is 4.52 Å². The van der Waals surface area contributed by atoms with Crippen LogP contribution in [0, 0.1) is 0 Å². The Morgan fingerprint density at radius 2 is 1.97 bits per heavy atom. The van der Waals surface area contributed by atoms with E-state index >= 15 is 0 Å². The maximum absolute atomic E-state index is 5.38. The van der Waals surface area contributed by atoms with Crippen LogP contribution in [0.2, 0.25) is 0 Å². The molecule has 0 unspecified atom stereocenters. The number of guanidine groups is 1. The van der Waals surface area contributed by atoms with Gasteiger partial charge in [0.25, 0.3) is 0 Å². The fourth-order valence-corrected chi connectivity index (χ4v) is 3.59. The number of nitrogens with zero attached hydrogens (tertiary/aromatic N) is 3. The van der Waals surface area contributed by atoms with Crippen molar-refractivity contribution < 1.29 is 4.52 Å². The summed E-state index contributed by atoms with van der Waals surface area (Å²) in [4.78, 5) is 6.86. The van der Waals surface area contributed by atoms with Crippen LogP contribution < -0.4 is 10.6 Å². The number of halogens is 2. The molecule has 2 N–H and O–H groups in total. The van der Waals surface area contributed by atoms with Crippen molar-refractivity contribution in [3.8, 4) is 0 Å². The van der Waals surface area contributed by atoms with Gasteiger partial charge in [-0.3, -0.25) is 9.89 Å². The second kappa shape index (κ2) is 11.9. The van der Waals surface area contributed by atoms with E-state index < -0.39 is 0 Å². The first-order chi connectivity index (χ1) is 13.5. The van der Waals surface area contributed by atoms with Crippen LogP contribution in [0.5, 0.6) is 0 Å². The Balaban J connectivity index is 0.00000300. The fourth-order valence-electron chi connectivity index (χ4n) is 3.33. The minimum absolute atomic E-state index is 0. The van der Waals surface area contributed by atoms with Crippen molar-refractivity contribution in [2.45, 2.75) is 51.7 Å². The molecule has 1 fully saturated rings. The molecule has 160 valence electrons. The molecule has 1 saturated heterocycles. The molecular formula is C21H31BrIN5O. The van der Waals surface area contributed by atoms with Gasteiger partial charge < -0.3 is 15.2 Å². The summed E-state index contributed by atoms with van der Waals surface area (Å²) in [5.74, 6) is 2.02. The van der Waals surface area contributed by atoms with Gasteiger partial charge in [-0.1, -0.05) is 47.1 Å². The van der Waals surface area contributed by atoms with Crippen molar-refractivity contribution in [2.75, 3.05) is 20.1 Å². The van der Waals surface area contributed by atoms with Gasteiger partial charge in [0, 0.05) is 43.3 Å². The first-order valence-electron chi connectivity index (χ1n) is 9.93. The molecular weight excluding hydrogens is 545 g/mol. The van der Waals surface area contributed by atoms with Gasteiger partial charge in [0.15, 0.2) is 11.7 Å². The average Bonchev–Trinajstić information content (AvgIpc) is 3.18. The maximum atomic E-state index is 5.38. The third-order valence-electron chi connectivity index (χ3n) is 5.07. The second-order valence-corrected chi connectivity index (χ2v) is 8.54. The molecule has 0 atom stereocenters. The third kappa shape index (κ3) is 7.57. The number of benzene rings is 1. The predicted molar refractivity (Wildman–Crippen MR) is 132 cm³/mol. The van der Waals surface area contributed by atoms with Crippen LogP contribution in [0.3, 0.4) is 0 Å². The molecule has 1 aromatic heterocycles. The molecule has 1 aliphatic heterocycles. The van der Waals surface area contributed by atoms with Gasteiger partial charge in [-0.05, 0) is 36.5 Å². The van der Waals surface area contributed by atoms with E-state index in [-0.39, 0.29) is 24.0 Å². The monoisotopic (exact) mass is 575 g/mol. The SMILES string of the molecule is CN=C(NCc1cc(C(C)C)no1)NC1CCN(Cc2ccc(Br)cc2)CC1.I. The highest BCUT2D eigenvalue weighted by Gasteiger charge is 2.20. The number of rotatable bonds is 6. The van der Waals surface area contributed by atoms with Crippen LogP contribution in [0.25, 0.3) is 0 Å². The molecule has 6 nitrogen and oxygen atoms in total. The van der Waals surface area contributed by atoms with Crippen LogP contribution >= 0.6 is 39.9 Å². The minimum atomic E-state index is 0. The molecule has 29 heavy (non-hydrogen) atoms. The standard InChI is InChI=1S/C21H30BrN5O.HI/c1-15(2)20-12-19(28-26-20)13-24-21(23-3)25-18-8-10-27(11-9-18)14-16-4-6-17(22)7-5-16;/h4-7,12,15,18H,8-11,13-14H2,1-3H3,(H2,23,24,25);1H. The van der Waals surface area contributed by atoms with Crippen LogP contribution in [0.1, 0.15) is 49.6 Å². The molecule has 8 heteroatoms. The molecule has 0 amide bonds. The van der Waals surface area contributed by atoms with Gasteiger partial charge in [-0.2, -0.15) is 0 Å². The molecule has 1 aromatic carbocycles. The number of aromatic nitrogens is 1. The first kappa shape index (κ1) is 24.1. The molecule has 2 aromatic rings. The minimum Gasteiger partial charge on any atom is -0.359 e. The number of hydrogen-bond donors (Lipinski definition) is 2.